The maximum atomic E-state index is 5.59. The van der Waals surface area contributed by atoms with E-state index in [1.54, 1.807) is 25.3 Å². The first-order chi connectivity index (χ1) is 8.72. The minimum absolute atomic E-state index is 0.361. The smallest absolute Gasteiger partial charge is 0.238 e. The lowest BCUT2D eigenvalue weighted by molar-refractivity contribution is 0.411. The number of aromatic nitrogens is 2. The predicted molar refractivity (Wildman–Crippen MR) is 70.7 cm³/mol. The summed E-state index contributed by atoms with van der Waals surface area (Å²) >= 11 is 3.40. The summed E-state index contributed by atoms with van der Waals surface area (Å²) in [6, 6.07) is 8.92. The lowest BCUT2D eigenvalue weighted by atomic mass is 10.3. The fourth-order valence-corrected chi connectivity index (χ4v) is 1.75. The molecule has 1 heterocycles. The second-order valence-electron chi connectivity index (χ2n) is 3.47. The van der Waals surface area contributed by atoms with Gasteiger partial charge in [-0.25, -0.2) is 0 Å². The van der Waals surface area contributed by atoms with E-state index in [0.29, 0.717) is 18.2 Å². The zero-order valence-corrected chi connectivity index (χ0v) is 11.3. The summed E-state index contributed by atoms with van der Waals surface area (Å²) in [6.45, 7) is 0.361. The largest absolute Gasteiger partial charge is 0.497 e. The molecule has 0 saturated carbocycles. The number of hydrogen-bond donors (Lipinski definition) is 1. The van der Waals surface area contributed by atoms with Crippen LogP contribution in [0.25, 0.3) is 0 Å². The van der Waals surface area contributed by atoms with E-state index in [0.717, 1.165) is 15.9 Å². The highest BCUT2D eigenvalue weighted by Gasteiger charge is 2.05. The molecule has 0 spiro atoms. The van der Waals surface area contributed by atoms with E-state index in [4.69, 9.17) is 15.2 Å². The van der Waals surface area contributed by atoms with Crippen molar-refractivity contribution in [2.24, 2.45) is 5.73 Å². The molecule has 0 radical (unpaired) electrons. The molecule has 0 unspecified atom stereocenters. The molecule has 0 fully saturated rings. The van der Waals surface area contributed by atoms with E-state index >= 15 is 0 Å². The van der Waals surface area contributed by atoms with Gasteiger partial charge in [-0.2, -0.15) is 5.10 Å². The van der Waals surface area contributed by atoms with Gasteiger partial charge in [0.15, 0.2) is 0 Å². The Hall–Kier alpha value is -1.66. The summed E-state index contributed by atoms with van der Waals surface area (Å²) in [5.41, 5.74) is 6.16. The third-order valence-corrected chi connectivity index (χ3v) is 2.88. The molecule has 18 heavy (non-hydrogen) atoms. The lowest BCUT2D eigenvalue weighted by Gasteiger charge is -2.08. The van der Waals surface area contributed by atoms with Crippen LogP contribution >= 0.6 is 15.9 Å². The minimum Gasteiger partial charge on any atom is -0.497 e. The first-order valence-electron chi connectivity index (χ1n) is 5.27. The molecule has 0 aliphatic rings. The number of rotatable bonds is 4. The average Bonchev–Trinajstić information content (AvgIpc) is 2.42. The summed E-state index contributed by atoms with van der Waals surface area (Å²) in [4.78, 5) is 0. The number of hydrogen-bond acceptors (Lipinski definition) is 5. The van der Waals surface area contributed by atoms with Crippen molar-refractivity contribution in [3.8, 4) is 17.4 Å². The zero-order chi connectivity index (χ0) is 13.0. The van der Waals surface area contributed by atoms with Crippen LogP contribution in [-0.4, -0.2) is 17.3 Å². The fourth-order valence-electron chi connectivity index (χ4n) is 1.31. The highest BCUT2D eigenvalue weighted by Crippen LogP contribution is 2.31. The van der Waals surface area contributed by atoms with E-state index < -0.39 is 0 Å². The highest BCUT2D eigenvalue weighted by molar-refractivity contribution is 9.10. The van der Waals surface area contributed by atoms with Crippen molar-refractivity contribution in [2.75, 3.05) is 7.11 Å². The van der Waals surface area contributed by atoms with E-state index in [2.05, 4.69) is 26.1 Å². The second-order valence-corrected chi connectivity index (χ2v) is 4.32. The van der Waals surface area contributed by atoms with Crippen molar-refractivity contribution in [2.45, 2.75) is 6.54 Å². The van der Waals surface area contributed by atoms with Crippen LogP contribution in [0.1, 0.15) is 5.69 Å². The Morgan fingerprint density at radius 3 is 2.61 bits per heavy atom. The van der Waals surface area contributed by atoms with Gasteiger partial charge >= 0.3 is 0 Å². The molecule has 0 bridgehead atoms. The Kier molecular flexibility index (Phi) is 4.11. The molecule has 94 valence electrons. The van der Waals surface area contributed by atoms with Gasteiger partial charge in [0.2, 0.25) is 5.88 Å². The van der Waals surface area contributed by atoms with Gasteiger partial charge in [-0.15, -0.1) is 5.10 Å². The molecule has 2 rings (SSSR count). The maximum Gasteiger partial charge on any atom is 0.238 e. The molecule has 0 atom stereocenters. The molecule has 1 aromatic carbocycles. The zero-order valence-electron chi connectivity index (χ0n) is 9.76. The van der Waals surface area contributed by atoms with E-state index in [1.807, 2.05) is 12.1 Å². The van der Waals surface area contributed by atoms with Gasteiger partial charge in [-0.3, -0.25) is 0 Å². The molecule has 6 heteroatoms. The summed E-state index contributed by atoms with van der Waals surface area (Å²) in [6.07, 6.45) is 0. The van der Waals surface area contributed by atoms with Crippen LogP contribution in [-0.2, 0) is 6.54 Å². The van der Waals surface area contributed by atoms with Gasteiger partial charge in [0.1, 0.15) is 11.5 Å². The summed E-state index contributed by atoms with van der Waals surface area (Å²) in [5, 5.41) is 7.84. The SMILES string of the molecule is COc1ccc(Oc2ccc(CN)nn2)c(Br)c1. The summed E-state index contributed by atoms with van der Waals surface area (Å²) < 4.78 is 11.5. The molecule has 1 aromatic heterocycles. The highest BCUT2D eigenvalue weighted by atomic mass is 79.9. The van der Waals surface area contributed by atoms with Crippen molar-refractivity contribution in [3.05, 3.63) is 40.5 Å². The van der Waals surface area contributed by atoms with E-state index in [9.17, 15) is 0 Å². The normalized spacial score (nSPS) is 10.2. The van der Waals surface area contributed by atoms with E-state index in [-0.39, 0.29) is 0 Å². The van der Waals surface area contributed by atoms with Gasteiger partial charge in [0.25, 0.3) is 0 Å². The van der Waals surface area contributed by atoms with Crippen LogP contribution in [0.15, 0.2) is 34.8 Å². The fraction of sp³-hybridized carbons (Fsp3) is 0.167. The molecular formula is C12H12BrN3O2. The van der Waals surface area contributed by atoms with Gasteiger partial charge in [0, 0.05) is 12.6 Å². The first-order valence-corrected chi connectivity index (χ1v) is 6.06. The van der Waals surface area contributed by atoms with Gasteiger partial charge in [0.05, 0.1) is 17.3 Å². The summed E-state index contributed by atoms with van der Waals surface area (Å²) in [5.74, 6) is 1.81. The van der Waals surface area contributed by atoms with Crippen LogP contribution in [0.4, 0.5) is 0 Å². The molecule has 5 nitrogen and oxygen atoms in total. The standard InChI is InChI=1S/C12H12BrN3O2/c1-17-9-3-4-11(10(13)6-9)18-12-5-2-8(7-14)15-16-12/h2-6H,7,14H2,1H3. The molecule has 0 amide bonds. The molecular weight excluding hydrogens is 298 g/mol. The Morgan fingerprint density at radius 2 is 2.06 bits per heavy atom. The number of halogens is 1. The van der Waals surface area contributed by atoms with Crippen molar-refractivity contribution in [1.82, 2.24) is 10.2 Å². The Balaban J connectivity index is 2.17. The number of nitrogens with zero attached hydrogens (tertiary/aromatic N) is 2. The van der Waals surface area contributed by atoms with Gasteiger partial charge in [-0.1, -0.05) is 0 Å². The number of benzene rings is 1. The van der Waals surface area contributed by atoms with Crippen molar-refractivity contribution in [1.29, 1.82) is 0 Å². The van der Waals surface area contributed by atoms with Crippen molar-refractivity contribution in [3.63, 3.8) is 0 Å². The van der Waals surface area contributed by atoms with Gasteiger partial charge in [-0.05, 0) is 40.2 Å². The van der Waals surface area contributed by atoms with Gasteiger partial charge < -0.3 is 15.2 Å². The Morgan fingerprint density at radius 1 is 1.22 bits per heavy atom. The monoisotopic (exact) mass is 309 g/mol. The van der Waals surface area contributed by atoms with Crippen LogP contribution in [0.3, 0.4) is 0 Å². The number of nitrogens with two attached hydrogens (primary N) is 1. The molecule has 2 N–H and O–H groups in total. The minimum atomic E-state index is 0.361. The number of methoxy groups -OCH3 is 1. The topological polar surface area (TPSA) is 70.3 Å². The molecule has 0 aliphatic carbocycles. The molecule has 0 aliphatic heterocycles. The van der Waals surface area contributed by atoms with Crippen LogP contribution in [0.5, 0.6) is 17.4 Å². The summed E-state index contributed by atoms with van der Waals surface area (Å²) in [7, 11) is 1.61. The Bertz CT molecular complexity index is 531. The third-order valence-electron chi connectivity index (χ3n) is 2.26. The van der Waals surface area contributed by atoms with Crippen molar-refractivity contribution >= 4 is 15.9 Å². The van der Waals surface area contributed by atoms with Crippen molar-refractivity contribution < 1.29 is 9.47 Å². The van der Waals surface area contributed by atoms with E-state index in [1.165, 1.54) is 0 Å². The second kappa shape index (κ2) is 5.79. The Labute approximate surface area is 113 Å². The van der Waals surface area contributed by atoms with Crippen LogP contribution < -0.4 is 15.2 Å². The number of ether oxygens (including phenoxy) is 2. The molecule has 2 aromatic rings. The lowest BCUT2D eigenvalue weighted by Crippen LogP contribution is -2.01. The average molecular weight is 310 g/mol. The predicted octanol–water partition coefficient (Wildman–Crippen LogP) is 2.50. The molecule has 0 saturated heterocycles. The maximum absolute atomic E-state index is 5.59. The van der Waals surface area contributed by atoms with Crippen LogP contribution in [0, 0.1) is 0 Å². The third kappa shape index (κ3) is 2.96. The quantitative estimate of drug-likeness (QED) is 0.939. The van der Waals surface area contributed by atoms with Crippen LogP contribution in [0.2, 0.25) is 0 Å². The first kappa shape index (κ1) is 12.8.